The quantitative estimate of drug-likeness (QED) is 0.384. The monoisotopic (exact) mass is 250 g/mol. The zero-order chi connectivity index (χ0) is 13.6. The van der Waals surface area contributed by atoms with Gasteiger partial charge in [-0.3, -0.25) is 9.59 Å². The van der Waals surface area contributed by atoms with Crippen LogP contribution < -0.4 is 0 Å². The Morgan fingerprint density at radius 1 is 0.824 bits per heavy atom. The first-order valence-electron chi connectivity index (χ1n) is 4.30. The Morgan fingerprint density at radius 2 is 1.24 bits per heavy atom. The van der Waals surface area contributed by atoms with Crippen molar-refractivity contribution in [3.8, 4) is 0 Å². The van der Waals surface area contributed by atoms with Crippen molar-refractivity contribution >= 4 is 23.9 Å². The van der Waals surface area contributed by atoms with Crippen LogP contribution in [-0.4, -0.2) is 57.0 Å². The van der Waals surface area contributed by atoms with Gasteiger partial charge in [0, 0.05) is 6.61 Å². The van der Waals surface area contributed by atoms with Gasteiger partial charge in [-0.1, -0.05) is 0 Å². The molecule has 0 aromatic rings. The Bertz CT molecular complexity index is 274. The standard InChI is InChI=1S/C8H10O9/c9-5(10)3(6(11)12)1-2-17-4(7(13)14)8(15)16/h3-4H,1-2H2,(H,9,10)(H,11,12)(H,13,14)(H,15,16). The first-order valence-corrected chi connectivity index (χ1v) is 4.30. The van der Waals surface area contributed by atoms with Gasteiger partial charge in [0.25, 0.3) is 6.10 Å². The van der Waals surface area contributed by atoms with Crippen molar-refractivity contribution in [3.63, 3.8) is 0 Å². The van der Waals surface area contributed by atoms with Crippen LogP contribution in [0.15, 0.2) is 0 Å². The molecular weight excluding hydrogens is 240 g/mol. The molecule has 0 saturated heterocycles. The molecule has 0 amide bonds. The van der Waals surface area contributed by atoms with E-state index in [1.54, 1.807) is 0 Å². The van der Waals surface area contributed by atoms with E-state index in [2.05, 4.69) is 4.74 Å². The number of carboxylic acid groups (broad SMARTS) is 4. The minimum absolute atomic E-state index is 0.526. The van der Waals surface area contributed by atoms with Gasteiger partial charge in [-0.25, -0.2) is 9.59 Å². The number of carboxylic acids is 4. The predicted molar refractivity (Wildman–Crippen MR) is 48.4 cm³/mol. The Labute approximate surface area is 94.2 Å². The van der Waals surface area contributed by atoms with Gasteiger partial charge in [0.15, 0.2) is 5.92 Å². The van der Waals surface area contributed by atoms with Crippen molar-refractivity contribution in [1.29, 1.82) is 0 Å². The van der Waals surface area contributed by atoms with Crippen molar-refractivity contribution in [2.45, 2.75) is 12.5 Å². The maximum Gasteiger partial charge on any atom is 0.344 e. The van der Waals surface area contributed by atoms with Crippen LogP contribution in [0.1, 0.15) is 6.42 Å². The number of carbonyl (C=O) groups is 4. The van der Waals surface area contributed by atoms with Gasteiger partial charge in [-0.15, -0.1) is 0 Å². The van der Waals surface area contributed by atoms with E-state index in [-0.39, 0.29) is 0 Å². The molecule has 0 heterocycles. The van der Waals surface area contributed by atoms with Gasteiger partial charge in [-0.05, 0) is 6.42 Å². The van der Waals surface area contributed by atoms with Crippen molar-refractivity contribution in [3.05, 3.63) is 0 Å². The highest BCUT2D eigenvalue weighted by atomic mass is 16.5. The van der Waals surface area contributed by atoms with E-state index < -0.39 is 48.9 Å². The lowest BCUT2D eigenvalue weighted by Crippen LogP contribution is -2.34. The van der Waals surface area contributed by atoms with Gasteiger partial charge in [-0.2, -0.15) is 0 Å². The van der Waals surface area contributed by atoms with Gasteiger partial charge in [0.1, 0.15) is 0 Å². The molecule has 0 aromatic carbocycles. The van der Waals surface area contributed by atoms with E-state index in [0.717, 1.165) is 0 Å². The lowest BCUT2D eigenvalue weighted by atomic mass is 10.1. The second kappa shape index (κ2) is 6.43. The molecule has 17 heavy (non-hydrogen) atoms. The molecule has 9 nitrogen and oxygen atoms in total. The predicted octanol–water partition coefficient (Wildman–Crippen LogP) is -1.28. The first-order chi connectivity index (χ1) is 7.77. The van der Waals surface area contributed by atoms with Crippen molar-refractivity contribution in [2.75, 3.05) is 6.61 Å². The summed E-state index contributed by atoms with van der Waals surface area (Å²) in [4.78, 5) is 41.5. The second-order valence-electron chi connectivity index (χ2n) is 2.95. The Hall–Kier alpha value is -2.16. The Kier molecular flexibility index (Phi) is 5.61. The van der Waals surface area contributed by atoms with E-state index in [0.29, 0.717) is 0 Å². The van der Waals surface area contributed by atoms with E-state index in [9.17, 15) is 19.2 Å². The minimum Gasteiger partial charge on any atom is -0.481 e. The van der Waals surface area contributed by atoms with Crippen molar-refractivity contribution in [2.24, 2.45) is 5.92 Å². The van der Waals surface area contributed by atoms with E-state index in [1.807, 2.05) is 0 Å². The number of rotatable bonds is 8. The summed E-state index contributed by atoms with van der Waals surface area (Å²) >= 11 is 0. The lowest BCUT2D eigenvalue weighted by Gasteiger charge is -2.10. The fourth-order valence-electron chi connectivity index (χ4n) is 0.905. The Balaban J connectivity index is 4.29. The van der Waals surface area contributed by atoms with Crippen LogP contribution in [0.25, 0.3) is 0 Å². The average Bonchev–Trinajstić information content (AvgIpc) is 2.14. The van der Waals surface area contributed by atoms with Crippen LogP contribution in [0, 0.1) is 5.92 Å². The van der Waals surface area contributed by atoms with Crippen LogP contribution in [0.3, 0.4) is 0 Å². The summed E-state index contributed by atoms with van der Waals surface area (Å²) in [6, 6.07) is 0. The molecule has 0 unspecified atom stereocenters. The van der Waals surface area contributed by atoms with Crippen LogP contribution in [0.2, 0.25) is 0 Å². The molecule has 0 bridgehead atoms. The summed E-state index contributed by atoms with van der Waals surface area (Å²) in [5.74, 6) is -8.48. The molecule has 0 saturated carbocycles. The third-order valence-electron chi connectivity index (χ3n) is 1.74. The lowest BCUT2D eigenvalue weighted by molar-refractivity contribution is -0.166. The number of hydrogen-bond donors (Lipinski definition) is 4. The highest BCUT2D eigenvalue weighted by Gasteiger charge is 2.29. The van der Waals surface area contributed by atoms with Crippen LogP contribution in [0.4, 0.5) is 0 Å². The molecule has 0 fully saturated rings. The third kappa shape index (κ3) is 4.93. The van der Waals surface area contributed by atoms with Crippen LogP contribution >= 0.6 is 0 Å². The highest BCUT2D eigenvalue weighted by molar-refractivity contribution is 5.96. The van der Waals surface area contributed by atoms with E-state index in [1.165, 1.54) is 0 Å². The number of ether oxygens (including phenoxy) is 1. The summed E-state index contributed by atoms with van der Waals surface area (Å²) in [5, 5.41) is 33.7. The smallest absolute Gasteiger partial charge is 0.344 e. The number of hydrogen-bond acceptors (Lipinski definition) is 5. The van der Waals surface area contributed by atoms with Gasteiger partial charge < -0.3 is 25.2 Å². The molecule has 4 N–H and O–H groups in total. The molecule has 0 aliphatic rings. The van der Waals surface area contributed by atoms with Gasteiger partial charge >= 0.3 is 23.9 Å². The van der Waals surface area contributed by atoms with Gasteiger partial charge in [0.05, 0.1) is 0 Å². The van der Waals surface area contributed by atoms with E-state index in [4.69, 9.17) is 20.4 Å². The van der Waals surface area contributed by atoms with Crippen molar-refractivity contribution < 1.29 is 44.3 Å². The molecule has 0 atom stereocenters. The first kappa shape index (κ1) is 14.8. The summed E-state index contributed by atoms with van der Waals surface area (Å²) in [6.07, 6.45) is -2.67. The maximum atomic E-state index is 10.4. The molecule has 96 valence electrons. The molecule has 0 radical (unpaired) electrons. The summed E-state index contributed by atoms with van der Waals surface area (Å²) in [6.45, 7) is -0.605. The summed E-state index contributed by atoms with van der Waals surface area (Å²) in [7, 11) is 0. The summed E-state index contributed by atoms with van der Waals surface area (Å²) in [5.41, 5.74) is 0. The minimum atomic E-state index is -2.14. The SMILES string of the molecule is O=C(O)C(CCOC(C(=O)O)C(=O)O)C(=O)O. The average molecular weight is 250 g/mol. The molecule has 0 aliphatic carbocycles. The van der Waals surface area contributed by atoms with Crippen LogP contribution in [0.5, 0.6) is 0 Å². The largest absolute Gasteiger partial charge is 0.481 e. The molecule has 0 rings (SSSR count). The number of aliphatic carboxylic acids is 4. The Morgan fingerprint density at radius 3 is 1.53 bits per heavy atom. The normalized spacial score (nSPS) is 10.5. The highest BCUT2D eigenvalue weighted by Crippen LogP contribution is 2.05. The third-order valence-corrected chi connectivity index (χ3v) is 1.74. The van der Waals surface area contributed by atoms with Crippen LogP contribution in [-0.2, 0) is 23.9 Å². The molecule has 0 aliphatic heterocycles. The van der Waals surface area contributed by atoms with Crippen molar-refractivity contribution in [1.82, 2.24) is 0 Å². The molecular formula is C8H10O9. The molecule has 9 heteroatoms. The summed E-state index contributed by atoms with van der Waals surface area (Å²) < 4.78 is 4.37. The van der Waals surface area contributed by atoms with Gasteiger partial charge in [0.2, 0.25) is 0 Å². The second-order valence-corrected chi connectivity index (χ2v) is 2.95. The fraction of sp³-hybridized carbons (Fsp3) is 0.500. The molecule has 0 aromatic heterocycles. The fourth-order valence-corrected chi connectivity index (χ4v) is 0.905. The maximum absolute atomic E-state index is 10.4. The zero-order valence-corrected chi connectivity index (χ0v) is 8.40. The zero-order valence-electron chi connectivity index (χ0n) is 8.40. The van der Waals surface area contributed by atoms with E-state index >= 15 is 0 Å². The molecule has 0 spiro atoms. The topological polar surface area (TPSA) is 158 Å².